The molecule has 1 atom stereocenters. The predicted molar refractivity (Wildman–Crippen MR) is 131 cm³/mol. The van der Waals surface area contributed by atoms with Crippen molar-refractivity contribution < 1.29 is 18.7 Å². The lowest BCUT2D eigenvalue weighted by atomic mass is 9.90. The molecule has 2 aromatic carbocycles. The number of nitrogens with zero attached hydrogens (tertiary/aromatic N) is 1. The summed E-state index contributed by atoms with van der Waals surface area (Å²) in [5, 5.41) is 5.82. The van der Waals surface area contributed by atoms with Gasteiger partial charge in [-0.3, -0.25) is 14.3 Å². The van der Waals surface area contributed by atoms with Crippen molar-refractivity contribution in [2.45, 2.75) is 36.2 Å². The fourth-order valence-corrected chi connectivity index (χ4v) is 4.71. The third-order valence-electron chi connectivity index (χ3n) is 6.24. The van der Waals surface area contributed by atoms with Crippen LogP contribution in [0.1, 0.15) is 29.6 Å². The molecule has 0 saturated carbocycles. The average molecular weight is 487 g/mol. The summed E-state index contributed by atoms with van der Waals surface area (Å²) in [6.07, 6.45) is 2.53. The first-order valence-electron chi connectivity index (χ1n) is 11.6. The average Bonchev–Trinajstić information content (AvgIpc) is 2.80. The maximum atomic E-state index is 13.3. The number of hydrogen-bond acceptors (Lipinski definition) is 6. The van der Waals surface area contributed by atoms with Crippen molar-refractivity contribution in [3.63, 3.8) is 0 Å². The minimum Gasteiger partial charge on any atom is -0.378 e. The van der Waals surface area contributed by atoms with E-state index in [0.29, 0.717) is 29.6 Å². The second-order valence-corrected chi connectivity index (χ2v) is 9.89. The molecule has 0 aromatic heterocycles. The molecule has 0 spiro atoms. The van der Waals surface area contributed by atoms with Crippen molar-refractivity contribution in [3.8, 4) is 0 Å². The highest BCUT2D eigenvalue weighted by atomic mass is 32.2. The number of anilines is 1. The molecule has 0 bridgehead atoms. The Morgan fingerprint density at radius 3 is 2.38 bits per heavy atom. The van der Waals surface area contributed by atoms with Crippen LogP contribution in [0, 0.1) is 11.7 Å². The van der Waals surface area contributed by atoms with E-state index in [0.717, 1.165) is 44.0 Å². The minimum atomic E-state index is -0.680. The van der Waals surface area contributed by atoms with Crippen molar-refractivity contribution in [2.24, 2.45) is 5.92 Å². The monoisotopic (exact) mass is 486 g/mol. The SMILES string of the molecule is CN1CCC(CC(NC(=O)c2ccc(F)cc2)C(=O)Nc2ccc(SNC3COC3)cc2)CC1. The number of rotatable bonds is 9. The van der Waals surface area contributed by atoms with Crippen LogP contribution in [0.2, 0.25) is 0 Å². The lowest BCUT2D eigenvalue weighted by molar-refractivity contribution is -0.118. The summed E-state index contributed by atoms with van der Waals surface area (Å²) in [7, 11) is 2.09. The fraction of sp³-hybridized carbons (Fsp3) is 0.440. The van der Waals surface area contributed by atoms with Gasteiger partial charge < -0.3 is 20.3 Å². The number of nitrogens with one attached hydrogen (secondary N) is 3. The minimum absolute atomic E-state index is 0.250. The van der Waals surface area contributed by atoms with E-state index in [1.54, 1.807) is 0 Å². The van der Waals surface area contributed by atoms with Crippen LogP contribution in [-0.2, 0) is 9.53 Å². The van der Waals surface area contributed by atoms with Crippen LogP contribution in [0.3, 0.4) is 0 Å². The van der Waals surface area contributed by atoms with E-state index in [-0.39, 0.29) is 11.8 Å². The number of ether oxygens (including phenoxy) is 1. The van der Waals surface area contributed by atoms with Crippen LogP contribution in [0.5, 0.6) is 0 Å². The third-order valence-corrected chi connectivity index (χ3v) is 7.20. The van der Waals surface area contributed by atoms with Crippen molar-refractivity contribution in [3.05, 3.63) is 59.9 Å². The lowest BCUT2D eigenvalue weighted by Crippen LogP contribution is -2.46. The Morgan fingerprint density at radius 2 is 1.76 bits per heavy atom. The molecule has 2 heterocycles. The maximum Gasteiger partial charge on any atom is 0.251 e. The normalized spacial score (nSPS) is 18.2. The molecule has 2 saturated heterocycles. The number of carbonyl (C=O) groups is 2. The second-order valence-electron chi connectivity index (χ2n) is 8.98. The highest BCUT2D eigenvalue weighted by Gasteiger charge is 2.27. The summed E-state index contributed by atoms with van der Waals surface area (Å²) in [4.78, 5) is 29.3. The van der Waals surface area contributed by atoms with E-state index in [1.807, 2.05) is 24.3 Å². The number of benzene rings is 2. The Balaban J connectivity index is 1.38. The molecule has 182 valence electrons. The topological polar surface area (TPSA) is 82.7 Å². The summed E-state index contributed by atoms with van der Waals surface area (Å²) in [5.74, 6) is -0.693. The van der Waals surface area contributed by atoms with Gasteiger partial charge in [0.1, 0.15) is 11.9 Å². The zero-order chi connectivity index (χ0) is 23.9. The van der Waals surface area contributed by atoms with Gasteiger partial charge in [-0.1, -0.05) is 0 Å². The van der Waals surface area contributed by atoms with Crippen LogP contribution in [-0.4, -0.2) is 62.1 Å². The summed E-state index contributed by atoms with van der Waals surface area (Å²) in [5.41, 5.74) is 0.999. The van der Waals surface area contributed by atoms with Gasteiger partial charge in [0.25, 0.3) is 5.91 Å². The number of carbonyl (C=O) groups excluding carboxylic acids is 2. The van der Waals surface area contributed by atoms with Gasteiger partial charge in [-0.2, -0.15) is 0 Å². The Kier molecular flexibility index (Phi) is 8.55. The Morgan fingerprint density at radius 1 is 1.09 bits per heavy atom. The fourth-order valence-electron chi connectivity index (χ4n) is 4.00. The zero-order valence-electron chi connectivity index (χ0n) is 19.3. The number of halogens is 1. The van der Waals surface area contributed by atoms with Gasteiger partial charge in [-0.15, -0.1) is 0 Å². The summed E-state index contributed by atoms with van der Waals surface area (Å²) < 4.78 is 21.7. The lowest BCUT2D eigenvalue weighted by Gasteiger charge is -2.31. The summed E-state index contributed by atoms with van der Waals surface area (Å²) >= 11 is 1.54. The third kappa shape index (κ3) is 7.02. The molecular weight excluding hydrogens is 455 g/mol. The van der Waals surface area contributed by atoms with Crippen molar-refractivity contribution in [1.82, 2.24) is 14.9 Å². The molecule has 34 heavy (non-hydrogen) atoms. The van der Waals surface area contributed by atoms with Gasteiger partial charge in [0.15, 0.2) is 0 Å². The van der Waals surface area contributed by atoms with Crippen molar-refractivity contribution in [1.29, 1.82) is 0 Å². The molecule has 1 unspecified atom stereocenters. The van der Waals surface area contributed by atoms with E-state index in [1.165, 1.54) is 36.2 Å². The summed E-state index contributed by atoms with van der Waals surface area (Å²) in [6.45, 7) is 3.41. The molecule has 3 N–H and O–H groups in total. The molecule has 4 rings (SSSR count). The first-order chi connectivity index (χ1) is 16.5. The Bertz CT molecular complexity index is 961. The van der Waals surface area contributed by atoms with Gasteiger partial charge in [0.2, 0.25) is 5.91 Å². The molecule has 9 heteroatoms. The Labute approximate surface area is 203 Å². The van der Waals surface area contributed by atoms with Crippen molar-refractivity contribution >= 4 is 29.4 Å². The van der Waals surface area contributed by atoms with Gasteiger partial charge in [-0.05, 0) is 106 Å². The molecule has 2 aliphatic rings. The maximum absolute atomic E-state index is 13.3. The first-order valence-corrected chi connectivity index (χ1v) is 12.4. The molecule has 2 aliphatic heterocycles. The van der Waals surface area contributed by atoms with Gasteiger partial charge in [-0.25, -0.2) is 4.39 Å². The van der Waals surface area contributed by atoms with Crippen LogP contribution >= 0.6 is 11.9 Å². The predicted octanol–water partition coefficient (Wildman–Crippen LogP) is 3.29. The number of amides is 2. The molecule has 2 aromatic rings. The van der Waals surface area contributed by atoms with Crippen molar-refractivity contribution in [2.75, 3.05) is 38.7 Å². The quantitative estimate of drug-likeness (QED) is 0.472. The molecule has 7 nitrogen and oxygen atoms in total. The number of likely N-dealkylation sites (tertiary alicyclic amines) is 1. The van der Waals surface area contributed by atoms with E-state index in [4.69, 9.17) is 4.74 Å². The van der Waals surface area contributed by atoms with Gasteiger partial charge in [0.05, 0.1) is 19.3 Å². The number of piperidine rings is 1. The zero-order valence-corrected chi connectivity index (χ0v) is 20.1. The molecule has 0 aliphatic carbocycles. The van der Waals surface area contributed by atoms with Crippen LogP contribution in [0.15, 0.2) is 53.4 Å². The van der Waals surface area contributed by atoms with E-state index in [2.05, 4.69) is 27.3 Å². The Hall–Kier alpha value is -2.46. The van der Waals surface area contributed by atoms with Crippen LogP contribution in [0.25, 0.3) is 0 Å². The first kappa shape index (κ1) is 24.7. The highest BCUT2D eigenvalue weighted by Crippen LogP contribution is 2.23. The van der Waals surface area contributed by atoms with Gasteiger partial charge >= 0.3 is 0 Å². The standard InChI is InChI=1S/C25H31FN4O3S/c1-30-12-10-17(11-13-30)14-23(28-24(31)18-2-4-19(26)5-3-18)25(32)27-20-6-8-22(9-7-20)34-29-21-15-33-16-21/h2-9,17,21,23,29H,10-16H2,1H3,(H,27,32)(H,28,31). The molecule has 0 radical (unpaired) electrons. The highest BCUT2D eigenvalue weighted by molar-refractivity contribution is 7.97. The molecular formula is C25H31FN4O3S. The second kappa shape index (κ2) is 11.8. The van der Waals surface area contributed by atoms with Crippen LogP contribution < -0.4 is 15.4 Å². The smallest absolute Gasteiger partial charge is 0.251 e. The van der Waals surface area contributed by atoms with Gasteiger partial charge in [0, 0.05) is 16.1 Å². The van der Waals surface area contributed by atoms with E-state index >= 15 is 0 Å². The molecule has 2 amide bonds. The number of hydrogen-bond donors (Lipinski definition) is 3. The van der Waals surface area contributed by atoms with E-state index in [9.17, 15) is 14.0 Å². The van der Waals surface area contributed by atoms with E-state index < -0.39 is 11.9 Å². The largest absolute Gasteiger partial charge is 0.378 e. The summed E-state index contributed by atoms with van der Waals surface area (Å²) in [6, 6.07) is 12.6. The van der Waals surface area contributed by atoms with Crippen LogP contribution in [0.4, 0.5) is 10.1 Å². The molecule has 2 fully saturated rings.